The quantitative estimate of drug-likeness (QED) is 0.594. The molecule has 0 aliphatic rings. The van der Waals surface area contributed by atoms with Crippen LogP contribution in [0.25, 0.3) is 0 Å². The summed E-state index contributed by atoms with van der Waals surface area (Å²) in [6, 6.07) is 6.32. The number of esters is 1. The first-order chi connectivity index (χ1) is 8.69. The van der Waals surface area contributed by atoms with E-state index in [1.807, 2.05) is 6.92 Å². The van der Waals surface area contributed by atoms with Crippen molar-refractivity contribution in [3.05, 3.63) is 36.4 Å². The summed E-state index contributed by atoms with van der Waals surface area (Å²) in [5.74, 6) is -0.425. The first-order valence-electron chi connectivity index (χ1n) is 5.65. The Hall–Kier alpha value is -2.04. The van der Waals surface area contributed by atoms with E-state index >= 15 is 0 Å². The molecule has 0 saturated heterocycles. The first-order valence-corrected chi connectivity index (χ1v) is 5.65. The van der Waals surface area contributed by atoms with Crippen LogP contribution >= 0.6 is 0 Å². The second-order valence-corrected chi connectivity index (χ2v) is 3.26. The minimum absolute atomic E-state index is 0.116. The summed E-state index contributed by atoms with van der Waals surface area (Å²) in [4.78, 5) is 22.9. The van der Waals surface area contributed by atoms with Gasteiger partial charge in [0.25, 0.3) is 0 Å². The van der Waals surface area contributed by atoms with Gasteiger partial charge in [-0.15, -0.1) is 0 Å². The minimum atomic E-state index is -0.881. The van der Waals surface area contributed by atoms with Crippen molar-refractivity contribution in [1.29, 1.82) is 0 Å². The van der Waals surface area contributed by atoms with Crippen LogP contribution in [0.5, 0.6) is 5.75 Å². The van der Waals surface area contributed by atoms with E-state index in [-0.39, 0.29) is 17.9 Å². The first kappa shape index (κ1) is 14.0. The monoisotopic (exact) mass is 251 g/mol. The lowest BCUT2D eigenvalue weighted by Crippen LogP contribution is -2.13. The van der Waals surface area contributed by atoms with Gasteiger partial charge in [0.2, 0.25) is 0 Å². The molecule has 0 aromatic heterocycles. The maximum absolute atomic E-state index is 11.6. The number of carbonyl (C=O) groups is 2. The van der Waals surface area contributed by atoms with Gasteiger partial charge in [-0.1, -0.05) is 19.1 Å². The van der Waals surface area contributed by atoms with Crippen LogP contribution < -0.4 is 4.74 Å². The van der Waals surface area contributed by atoms with E-state index in [0.29, 0.717) is 6.42 Å². The van der Waals surface area contributed by atoms with E-state index in [9.17, 15) is 9.59 Å². The Morgan fingerprint density at radius 1 is 1.22 bits per heavy atom. The van der Waals surface area contributed by atoms with Crippen molar-refractivity contribution in [2.75, 3.05) is 6.61 Å². The maximum Gasteiger partial charge on any atom is 0.514 e. The molecule has 1 radical (unpaired) electrons. The molecule has 0 aliphatic carbocycles. The molecule has 0 unspecified atom stereocenters. The van der Waals surface area contributed by atoms with Crippen LogP contribution in [0.4, 0.5) is 4.79 Å². The van der Waals surface area contributed by atoms with Crippen LogP contribution in [-0.2, 0) is 9.47 Å². The number of hydrogen-bond donors (Lipinski definition) is 0. The van der Waals surface area contributed by atoms with Gasteiger partial charge in [-0.25, -0.2) is 9.59 Å². The molecule has 97 valence electrons. The smallest absolute Gasteiger partial charge is 0.462 e. The molecular formula is C13H15O5. The Bertz CT molecular complexity index is 414. The predicted molar refractivity (Wildman–Crippen MR) is 64.1 cm³/mol. The fourth-order valence-electron chi connectivity index (χ4n) is 1.20. The van der Waals surface area contributed by atoms with Crippen molar-refractivity contribution < 1.29 is 23.8 Å². The van der Waals surface area contributed by atoms with Crippen LogP contribution in [-0.4, -0.2) is 18.7 Å². The Labute approximate surface area is 106 Å². The molecular weight excluding hydrogens is 236 g/mol. The third-order valence-corrected chi connectivity index (χ3v) is 1.92. The Balaban J connectivity index is 2.76. The van der Waals surface area contributed by atoms with Crippen molar-refractivity contribution in [2.24, 2.45) is 0 Å². The summed E-state index contributed by atoms with van der Waals surface area (Å²) in [7, 11) is 0. The number of hydrogen-bond acceptors (Lipinski definition) is 5. The zero-order chi connectivity index (χ0) is 13.4. The predicted octanol–water partition coefficient (Wildman–Crippen LogP) is 2.95. The highest BCUT2D eigenvalue weighted by Gasteiger charge is 2.16. The summed E-state index contributed by atoms with van der Waals surface area (Å²) in [5.41, 5.74) is 0.188. The van der Waals surface area contributed by atoms with Gasteiger partial charge in [-0.3, -0.25) is 0 Å². The summed E-state index contributed by atoms with van der Waals surface area (Å²) < 4.78 is 14.4. The van der Waals surface area contributed by atoms with E-state index in [0.717, 1.165) is 0 Å². The van der Waals surface area contributed by atoms with Crippen molar-refractivity contribution in [1.82, 2.24) is 0 Å². The number of para-hydroxylation sites is 1. The van der Waals surface area contributed by atoms with Gasteiger partial charge >= 0.3 is 12.1 Å². The highest BCUT2D eigenvalue weighted by molar-refractivity contribution is 5.93. The molecule has 0 spiro atoms. The molecule has 0 atom stereocenters. The zero-order valence-electron chi connectivity index (χ0n) is 10.3. The summed E-state index contributed by atoms with van der Waals surface area (Å²) in [6.07, 6.45) is -0.303. The third kappa shape index (κ3) is 4.08. The average Bonchev–Trinajstić information content (AvgIpc) is 2.37. The molecule has 5 nitrogen and oxygen atoms in total. The molecule has 0 fully saturated rings. The van der Waals surface area contributed by atoms with Crippen molar-refractivity contribution in [3.63, 3.8) is 0 Å². The van der Waals surface area contributed by atoms with Gasteiger partial charge in [-0.2, -0.15) is 0 Å². The summed E-state index contributed by atoms with van der Waals surface area (Å²) >= 11 is 0. The van der Waals surface area contributed by atoms with Crippen LogP contribution in [0.1, 0.15) is 30.6 Å². The molecule has 0 N–H and O–H groups in total. The molecule has 0 saturated carbocycles. The van der Waals surface area contributed by atoms with E-state index in [1.165, 1.54) is 18.7 Å². The molecule has 0 bridgehead atoms. The van der Waals surface area contributed by atoms with Gasteiger partial charge in [-0.05, 0) is 25.5 Å². The third-order valence-electron chi connectivity index (χ3n) is 1.92. The molecule has 0 amide bonds. The van der Waals surface area contributed by atoms with Crippen LogP contribution in [0.2, 0.25) is 0 Å². The summed E-state index contributed by atoms with van der Waals surface area (Å²) in [5, 5.41) is 0. The largest absolute Gasteiger partial charge is 0.514 e. The SMILES string of the molecule is CC[CH]OC(=O)Oc1ccccc1C(=O)OCC. The van der Waals surface area contributed by atoms with E-state index < -0.39 is 12.1 Å². The molecule has 18 heavy (non-hydrogen) atoms. The topological polar surface area (TPSA) is 61.8 Å². The Morgan fingerprint density at radius 3 is 2.61 bits per heavy atom. The fourth-order valence-corrected chi connectivity index (χ4v) is 1.20. The molecule has 0 heterocycles. The second-order valence-electron chi connectivity index (χ2n) is 3.26. The normalized spacial score (nSPS) is 9.67. The van der Waals surface area contributed by atoms with Gasteiger partial charge < -0.3 is 14.2 Å². The molecule has 1 rings (SSSR count). The Kier molecular flexibility index (Phi) is 5.70. The maximum atomic E-state index is 11.6. The molecule has 5 heteroatoms. The van der Waals surface area contributed by atoms with Crippen LogP contribution in [0.3, 0.4) is 0 Å². The minimum Gasteiger partial charge on any atom is -0.462 e. The van der Waals surface area contributed by atoms with Crippen molar-refractivity contribution >= 4 is 12.1 Å². The van der Waals surface area contributed by atoms with Gasteiger partial charge in [0, 0.05) is 0 Å². The zero-order valence-corrected chi connectivity index (χ0v) is 10.3. The number of carbonyl (C=O) groups excluding carboxylic acids is 2. The highest BCUT2D eigenvalue weighted by atomic mass is 16.7. The van der Waals surface area contributed by atoms with Gasteiger partial charge in [0.15, 0.2) is 0 Å². The van der Waals surface area contributed by atoms with Crippen molar-refractivity contribution in [2.45, 2.75) is 20.3 Å². The van der Waals surface area contributed by atoms with Crippen molar-refractivity contribution in [3.8, 4) is 5.75 Å². The number of benzene rings is 1. The Morgan fingerprint density at radius 2 is 1.94 bits per heavy atom. The lowest BCUT2D eigenvalue weighted by atomic mass is 10.2. The van der Waals surface area contributed by atoms with E-state index in [2.05, 4.69) is 4.74 Å². The van der Waals surface area contributed by atoms with E-state index in [1.54, 1.807) is 19.1 Å². The van der Waals surface area contributed by atoms with Gasteiger partial charge in [0.05, 0.1) is 6.61 Å². The molecule has 1 aromatic carbocycles. The van der Waals surface area contributed by atoms with Gasteiger partial charge in [0.1, 0.15) is 17.9 Å². The fraction of sp³-hybridized carbons (Fsp3) is 0.308. The molecule has 1 aromatic rings. The number of ether oxygens (including phenoxy) is 3. The van der Waals surface area contributed by atoms with Crippen LogP contribution in [0.15, 0.2) is 24.3 Å². The lowest BCUT2D eigenvalue weighted by molar-refractivity contribution is 0.0522. The van der Waals surface area contributed by atoms with E-state index in [4.69, 9.17) is 9.47 Å². The highest BCUT2D eigenvalue weighted by Crippen LogP contribution is 2.19. The second kappa shape index (κ2) is 7.32. The van der Waals surface area contributed by atoms with Crippen LogP contribution in [0, 0.1) is 6.61 Å². The molecule has 0 aliphatic heterocycles. The average molecular weight is 251 g/mol. The standard InChI is InChI=1S/C13H15O5/c1-3-9-17-13(15)18-11-8-6-5-7-10(11)12(14)16-4-2/h5-9H,3-4H2,1-2H3. The number of rotatable bonds is 5. The lowest BCUT2D eigenvalue weighted by Gasteiger charge is -2.08. The summed E-state index contributed by atoms with van der Waals surface area (Å²) in [6.45, 7) is 5.09.